The third-order valence-corrected chi connectivity index (χ3v) is 2.98. The highest BCUT2D eigenvalue weighted by molar-refractivity contribution is 5.96. The van der Waals surface area contributed by atoms with E-state index in [9.17, 15) is 0 Å². The van der Waals surface area contributed by atoms with E-state index in [0.29, 0.717) is 0 Å². The van der Waals surface area contributed by atoms with Crippen molar-refractivity contribution >= 4 is 10.8 Å². The first-order valence-electron chi connectivity index (χ1n) is 5.59. The molecule has 0 atom stereocenters. The summed E-state index contributed by atoms with van der Waals surface area (Å²) in [7, 11) is 1.95. The quantitative estimate of drug-likeness (QED) is 0.635. The maximum absolute atomic E-state index is 4.40. The number of nitrogens with zero attached hydrogens (tertiary/aromatic N) is 3. The molecular weight excluding hydrogens is 210 g/mol. The van der Waals surface area contributed by atoms with Gasteiger partial charge in [0.15, 0.2) is 0 Å². The van der Waals surface area contributed by atoms with Gasteiger partial charge < -0.3 is 0 Å². The largest absolute Gasteiger partial charge is 0.275 e. The van der Waals surface area contributed by atoms with Crippen LogP contribution in [0.2, 0.25) is 0 Å². The Hall–Kier alpha value is -2.16. The summed E-state index contributed by atoms with van der Waals surface area (Å²) in [5.41, 5.74) is 3.46. The van der Waals surface area contributed by atoms with Crippen molar-refractivity contribution in [2.75, 3.05) is 0 Å². The van der Waals surface area contributed by atoms with Crippen molar-refractivity contribution in [2.24, 2.45) is 7.05 Å². The van der Waals surface area contributed by atoms with Gasteiger partial charge in [-0.3, -0.25) is 9.67 Å². The molecule has 0 spiro atoms. The van der Waals surface area contributed by atoms with E-state index in [-0.39, 0.29) is 0 Å². The Balaban J connectivity index is 2.34. The monoisotopic (exact) mass is 223 g/mol. The van der Waals surface area contributed by atoms with Crippen LogP contribution in [0.3, 0.4) is 0 Å². The zero-order valence-electron chi connectivity index (χ0n) is 9.88. The van der Waals surface area contributed by atoms with E-state index >= 15 is 0 Å². The first kappa shape index (κ1) is 10.0. The van der Waals surface area contributed by atoms with Gasteiger partial charge in [-0.1, -0.05) is 18.2 Å². The van der Waals surface area contributed by atoms with E-state index < -0.39 is 0 Å². The molecule has 3 nitrogen and oxygen atoms in total. The molecule has 0 radical (unpaired) electrons. The zero-order valence-corrected chi connectivity index (χ0v) is 9.88. The first-order valence-corrected chi connectivity index (χ1v) is 5.59. The van der Waals surface area contributed by atoms with Crippen LogP contribution in [0.15, 0.2) is 42.9 Å². The molecule has 3 rings (SSSR count). The smallest absolute Gasteiger partial charge is 0.0672 e. The Labute approximate surface area is 99.7 Å². The lowest BCUT2D eigenvalue weighted by molar-refractivity contribution is 0.756. The molecule has 0 saturated carbocycles. The second kappa shape index (κ2) is 3.70. The van der Waals surface area contributed by atoms with Crippen LogP contribution in [0.4, 0.5) is 0 Å². The molecule has 2 heterocycles. The van der Waals surface area contributed by atoms with Crippen molar-refractivity contribution in [1.29, 1.82) is 0 Å². The fraction of sp³-hybridized carbons (Fsp3) is 0.143. The summed E-state index contributed by atoms with van der Waals surface area (Å²) in [6.45, 7) is 2.04. The highest BCUT2D eigenvalue weighted by Crippen LogP contribution is 2.29. The van der Waals surface area contributed by atoms with Crippen molar-refractivity contribution in [3.8, 4) is 11.1 Å². The van der Waals surface area contributed by atoms with Crippen LogP contribution in [0.5, 0.6) is 0 Å². The van der Waals surface area contributed by atoms with Crippen molar-refractivity contribution in [2.45, 2.75) is 6.92 Å². The minimum Gasteiger partial charge on any atom is -0.275 e. The summed E-state index contributed by atoms with van der Waals surface area (Å²) in [5, 5.41) is 6.78. The van der Waals surface area contributed by atoms with Gasteiger partial charge in [-0.05, 0) is 23.9 Å². The number of aromatic nitrogens is 3. The van der Waals surface area contributed by atoms with Gasteiger partial charge in [-0.2, -0.15) is 5.10 Å². The summed E-state index contributed by atoms with van der Waals surface area (Å²) in [4.78, 5) is 4.15. The maximum Gasteiger partial charge on any atom is 0.0672 e. The van der Waals surface area contributed by atoms with E-state index in [0.717, 1.165) is 11.1 Å². The lowest BCUT2D eigenvalue weighted by Gasteiger charge is -2.04. The van der Waals surface area contributed by atoms with Gasteiger partial charge in [0.2, 0.25) is 0 Å². The SMILES string of the molecule is Cc1nn(C)cc1-c1cccc2cnccc12. The summed E-state index contributed by atoms with van der Waals surface area (Å²) in [6, 6.07) is 8.33. The van der Waals surface area contributed by atoms with Crippen molar-refractivity contribution in [3.63, 3.8) is 0 Å². The van der Waals surface area contributed by atoms with Crippen LogP contribution in [0.1, 0.15) is 5.69 Å². The highest BCUT2D eigenvalue weighted by atomic mass is 15.2. The Morgan fingerprint density at radius 1 is 1.12 bits per heavy atom. The number of rotatable bonds is 1. The molecule has 0 bridgehead atoms. The highest BCUT2D eigenvalue weighted by Gasteiger charge is 2.08. The molecule has 0 aliphatic heterocycles. The van der Waals surface area contributed by atoms with Gasteiger partial charge >= 0.3 is 0 Å². The molecule has 0 N–H and O–H groups in total. The number of aryl methyl sites for hydroxylation is 2. The maximum atomic E-state index is 4.40. The van der Waals surface area contributed by atoms with Crippen LogP contribution in [0, 0.1) is 6.92 Å². The van der Waals surface area contributed by atoms with Gasteiger partial charge in [-0.15, -0.1) is 0 Å². The van der Waals surface area contributed by atoms with Gasteiger partial charge in [0.25, 0.3) is 0 Å². The summed E-state index contributed by atoms with van der Waals surface area (Å²) in [5.74, 6) is 0. The van der Waals surface area contributed by atoms with Crippen LogP contribution < -0.4 is 0 Å². The molecule has 84 valence electrons. The van der Waals surface area contributed by atoms with Crippen LogP contribution in [-0.4, -0.2) is 14.8 Å². The third-order valence-electron chi connectivity index (χ3n) is 2.98. The summed E-state index contributed by atoms with van der Waals surface area (Å²) >= 11 is 0. The fourth-order valence-corrected chi connectivity index (χ4v) is 2.22. The molecule has 3 aromatic rings. The molecule has 0 amide bonds. The van der Waals surface area contributed by atoms with Gasteiger partial charge in [0.05, 0.1) is 5.69 Å². The average molecular weight is 223 g/mol. The van der Waals surface area contributed by atoms with Crippen LogP contribution in [-0.2, 0) is 7.05 Å². The van der Waals surface area contributed by atoms with E-state index in [4.69, 9.17) is 0 Å². The minimum atomic E-state index is 1.05. The first-order chi connectivity index (χ1) is 8.25. The molecule has 0 saturated heterocycles. The molecule has 1 aromatic carbocycles. The average Bonchev–Trinajstić information content (AvgIpc) is 2.68. The minimum absolute atomic E-state index is 1.05. The zero-order chi connectivity index (χ0) is 11.8. The molecule has 0 fully saturated rings. The fourth-order valence-electron chi connectivity index (χ4n) is 2.22. The Kier molecular flexibility index (Phi) is 2.18. The van der Waals surface area contributed by atoms with Crippen molar-refractivity contribution in [1.82, 2.24) is 14.8 Å². The number of hydrogen-bond donors (Lipinski definition) is 0. The van der Waals surface area contributed by atoms with E-state index in [1.54, 1.807) is 0 Å². The van der Waals surface area contributed by atoms with E-state index in [2.05, 4.69) is 40.5 Å². The molecule has 0 aliphatic rings. The second-order valence-electron chi connectivity index (χ2n) is 4.20. The number of hydrogen-bond acceptors (Lipinski definition) is 2. The van der Waals surface area contributed by atoms with E-state index in [1.807, 2.05) is 31.0 Å². The van der Waals surface area contributed by atoms with Crippen molar-refractivity contribution < 1.29 is 0 Å². The number of pyridine rings is 1. The summed E-state index contributed by atoms with van der Waals surface area (Å²) in [6.07, 6.45) is 5.78. The molecule has 0 aliphatic carbocycles. The van der Waals surface area contributed by atoms with Crippen LogP contribution in [0.25, 0.3) is 21.9 Å². The molecule has 3 heteroatoms. The third kappa shape index (κ3) is 1.60. The van der Waals surface area contributed by atoms with Crippen LogP contribution >= 0.6 is 0 Å². The lowest BCUT2D eigenvalue weighted by atomic mass is 10.0. The molecular formula is C14H13N3. The van der Waals surface area contributed by atoms with Gasteiger partial charge in [0, 0.05) is 36.6 Å². The second-order valence-corrected chi connectivity index (χ2v) is 4.20. The Morgan fingerprint density at radius 3 is 2.76 bits per heavy atom. The number of benzene rings is 1. The predicted octanol–water partition coefficient (Wildman–Crippen LogP) is 2.94. The van der Waals surface area contributed by atoms with Gasteiger partial charge in [-0.25, -0.2) is 0 Å². The predicted molar refractivity (Wildman–Crippen MR) is 68.7 cm³/mol. The summed E-state index contributed by atoms with van der Waals surface area (Å²) < 4.78 is 1.85. The lowest BCUT2D eigenvalue weighted by Crippen LogP contribution is -1.86. The molecule has 2 aromatic heterocycles. The standard InChI is InChI=1S/C14H13N3/c1-10-14(9-17(2)16-10)13-5-3-4-11-8-15-7-6-12(11)13/h3-9H,1-2H3. The van der Waals surface area contributed by atoms with E-state index in [1.165, 1.54) is 16.5 Å². The Morgan fingerprint density at radius 2 is 2.00 bits per heavy atom. The normalized spacial score (nSPS) is 10.9. The Bertz CT molecular complexity index is 678. The van der Waals surface area contributed by atoms with Crippen molar-refractivity contribution in [3.05, 3.63) is 48.5 Å². The molecule has 0 unspecified atom stereocenters. The number of fused-ring (bicyclic) bond motifs is 1. The molecule has 17 heavy (non-hydrogen) atoms. The van der Waals surface area contributed by atoms with Gasteiger partial charge in [0.1, 0.15) is 0 Å². The topological polar surface area (TPSA) is 30.7 Å².